The fraction of sp³-hybridized carbons (Fsp3) is 0.902. The molecule has 2 amide bonds. The second kappa shape index (κ2) is 44.7. The summed E-state index contributed by atoms with van der Waals surface area (Å²) < 4.78 is 11.5. The molecule has 0 saturated carbocycles. The van der Waals surface area contributed by atoms with Gasteiger partial charge in [-0.1, -0.05) is 182 Å². The molecule has 6 N–H and O–H groups in total. The van der Waals surface area contributed by atoms with Crippen molar-refractivity contribution in [3.63, 3.8) is 0 Å². The Kier molecular flexibility index (Phi) is 42.7. The number of nitrogens with two attached hydrogens (primary N) is 2. The van der Waals surface area contributed by atoms with Crippen molar-refractivity contribution in [3.8, 4) is 0 Å². The number of amides is 2. The first-order valence-corrected chi connectivity index (χ1v) is 26.2. The smallest absolute Gasteiger partial charge is 0.308 e. The average Bonchev–Trinajstić information content (AvgIpc) is 3.25. The van der Waals surface area contributed by atoms with E-state index in [0.717, 1.165) is 109 Å². The van der Waals surface area contributed by atoms with Crippen LogP contribution < -0.4 is 22.1 Å². The molecule has 11 nitrogen and oxygen atoms in total. The minimum atomic E-state index is -0.720. The third kappa shape index (κ3) is 37.7. The topological polar surface area (TPSA) is 175 Å². The van der Waals surface area contributed by atoms with Gasteiger partial charge in [-0.3, -0.25) is 24.2 Å². The Morgan fingerprint density at radius 2 is 0.839 bits per heavy atom. The Hall–Kier alpha value is -2.85. The fourth-order valence-electron chi connectivity index (χ4n) is 8.01. The van der Waals surface area contributed by atoms with Gasteiger partial charge in [-0.25, -0.2) is 0 Å². The van der Waals surface area contributed by atoms with Gasteiger partial charge in [0.1, 0.15) is 6.04 Å². The summed E-state index contributed by atoms with van der Waals surface area (Å²) in [4.78, 5) is 55.8. The van der Waals surface area contributed by atoms with Crippen LogP contribution in [0.25, 0.3) is 0 Å². The molecule has 0 fully saturated rings. The van der Waals surface area contributed by atoms with Crippen LogP contribution in [-0.2, 0) is 28.7 Å². The number of aliphatic imine (C=N–C) groups is 1. The van der Waals surface area contributed by atoms with E-state index < -0.39 is 6.04 Å². The number of rotatable bonds is 46. The molecule has 0 bridgehead atoms. The Labute approximate surface area is 381 Å². The minimum Gasteiger partial charge on any atom is -0.465 e. The zero-order valence-electron chi connectivity index (χ0n) is 40.9. The molecule has 0 aliphatic heterocycles. The second-order valence-electron chi connectivity index (χ2n) is 18.0. The van der Waals surface area contributed by atoms with Gasteiger partial charge in [-0.05, 0) is 64.2 Å². The summed E-state index contributed by atoms with van der Waals surface area (Å²) in [5, 5.41) is 5.87. The van der Waals surface area contributed by atoms with E-state index in [1.165, 1.54) is 103 Å². The molecule has 3 atom stereocenters. The predicted octanol–water partition coefficient (Wildman–Crippen LogP) is 11.9. The number of hydrogen-bond donors (Lipinski definition) is 4. The molecule has 0 aromatic carbocycles. The number of esters is 2. The standard InChI is InChI=1S/C51H99N5O6/c1-5-9-13-17-20-28-36-44(34-26-15-11-7-3)49(59)61-42-32-24-19-22-30-38-47(57)56-46(39-41-55-51(52)53)48(58)54-40-31-23-25-33-43-62-50(60)45(35-27-16-12-8-4)37-29-21-18-14-10-6-2/h44-46H,5-43H2,1-4H3,(H,54,58)(H,56,57)(H4,52,53,55)/t44?,45?,46-/m0/s1. The summed E-state index contributed by atoms with van der Waals surface area (Å²) >= 11 is 0. The lowest BCUT2D eigenvalue weighted by molar-refractivity contribution is -0.150. The van der Waals surface area contributed by atoms with Gasteiger partial charge >= 0.3 is 11.9 Å². The maximum Gasteiger partial charge on any atom is 0.308 e. The highest BCUT2D eigenvalue weighted by molar-refractivity contribution is 5.87. The first-order chi connectivity index (χ1) is 30.2. The van der Waals surface area contributed by atoms with Gasteiger partial charge < -0.3 is 31.6 Å². The Morgan fingerprint density at radius 3 is 1.27 bits per heavy atom. The number of hydrogen-bond acceptors (Lipinski definition) is 7. The van der Waals surface area contributed by atoms with Crippen molar-refractivity contribution in [2.75, 3.05) is 26.3 Å². The zero-order chi connectivity index (χ0) is 45.7. The maximum absolute atomic E-state index is 13.1. The van der Waals surface area contributed by atoms with E-state index in [1.54, 1.807) is 0 Å². The fourth-order valence-corrected chi connectivity index (χ4v) is 8.01. The Bertz CT molecular complexity index is 1100. The first kappa shape index (κ1) is 59.1. The van der Waals surface area contributed by atoms with Gasteiger partial charge in [0.15, 0.2) is 5.96 Å². The highest BCUT2D eigenvalue weighted by Gasteiger charge is 2.22. The van der Waals surface area contributed by atoms with Crippen molar-refractivity contribution in [2.24, 2.45) is 28.3 Å². The monoisotopic (exact) mass is 878 g/mol. The van der Waals surface area contributed by atoms with Crippen LogP contribution in [0.4, 0.5) is 0 Å². The number of unbranched alkanes of at least 4 members (excludes halogenated alkanes) is 23. The predicted molar refractivity (Wildman–Crippen MR) is 259 cm³/mol. The largest absolute Gasteiger partial charge is 0.465 e. The van der Waals surface area contributed by atoms with Gasteiger partial charge in [0, 0.05) is 19.5 Å². The van der Waals surface area contributed by atoms with Crippen molar-refractivity contribution in [1.29, 1.82) is 0 Å². The molecule has 0 saturated heterocycles. The van der Waals surface area contributed by atoms with Crippen LogP contribution in [0.15, 0.2) is 4.99 Å². The third-order valence-corrected chi connectivity index (χ3v) is 12.1. The molecule has 0 radical (unpaired) electrons. The van der Waals surface area contributed by atoms with E-state index in [1.807, 2.05) is 0 Å². The number of guanidine groups is 1. The number of carbonyl (C=O) groups excluding carboxylic acids is 4. The average molecular weight is 878 g/mol. The van der Waals surface area contributed by atoms with Gasteiger partial charge in [-0.15, -0.1) is 0 Å². The molecule has 0 spiro atoms. The molecule has 364 valence electrons. The summed E-state index contributed by atoms with van der Waals surface area (Å²) in [7, 11) is 0. The second-order valence-corrected chi connectivity index (χ2v) is 18.0. The molecular weight excluding hydrogens is 779 g/mol. The van der Waals surface area contributed by atoms with Crippen molar-refractivity contribution in [1.82, 2.24) is 10.6 Å². The van der Waals surface area contributed by atoms with Crippen LogP contribution in [0.2, 0.25) is 0 Å². The molecule has 0 heterocycles. The van der Waals surface area contributed by atoms with Gasteiger partial charge in [0.25, 0.3) is 0 Å². The SMILES string of the molecule is CCCCCCCCC(CCCCCC)C(=O)OCCCCCCCC(=O)N[C@@H](CCN=C(N)N)C(=O)NCCCCCCOC(=O)C(CCCCCC)CCCCCCCC. The summed E-state index contributed by atoms with van der Waals surface area (Å²) in [6, 6.07) is -0.720. The summed E-state index contributed by atoms with van der Waals surface area (Å²) in [6.07, 6.45) is 36.3. The number of ether oxygens (including phenoxy) is 2. The zero-order valence-corrected chi connectivity index (χ0v) is 40.9. The molecule has 11 heteroatoms. The van der Waals surface area contributed by atoms with Crippen molar-refractivity contribution in [2.45, 2.75) is 258 Å². The lowest BCUT2D eigenvalue weighted by atomic mass is 9.94. The van der Waals surface area contributed by atoms with Crippen LogP contribution >= 0.6 is 0 Å². The van der Waals surface area contributed by atoms with E-state index >= 15 is 0 Å². The molecule has 0 rings (SSSR count). The minimum absolute atomic E-state index is 0.0185. The van der Waals surface area contributed by atoms with E-state index in [-0.39, 0.29) is 48.1 Å². The van der Waals surface area contributed by atoms with Gasteiger partial charge in [0.2, 0.25) is 11.8 Å². The Balaban J connectivity index is 4.48. The third-order valence-electron chi connectivity index (χ3n) is 12.1. The van der Waals surface area contributed by atoms with Gasteiger partial charge in [0.05, 0.1) is 25.0 Å². The number of nitrogens with zero attached hydrogens (tertiary/aromatic N) is 1. The van der Waals surface area contributed by atoms with E-state index in [0.29, 0.717) is 32.6 Å². The summed E-state index contributed by atoms with van der Waals surface area (Å²) in [6.45, 7) is 10.5. The van der Waals surface area contributed by atoms with Crippen LogP contribution in [0.3, 0.4) is 0 Å². The first-order valence-electron chi connectivity index (χ1n) is 26.2. The van der Waals surface area contributed by atoms with Crippen LogP contribution in [0.5, 0.6) is 0 Å². The highest BCUT2D eigenvalue weighted by atomic mass is 16.5. The molecular formula is C51H99N5O6. The van der Waals surface area contributed by atoms with Gasteiger partial charge in [-0.2, -0.15) is 0 Å². The van der Waals surface area contributed by atoms with E-state index in [9.17, 15) is 19.2 Å². The number of nitrogens with one attached hydrogen (secondary N) is 2. The molecule has 62 heavy (non-hydrogen) atoms. The van der Waals surface area contributed by atoms with E-state index in [2.05, 4.69) is 43.3 Å². The van der Waals surface area contributed by atoms with Crippen LogP contribution in [-0.4, -0.2) is 62.1 Å². The summed E-state index contributed by atoms with van der Waals surface area (Å²) in [5.74, 6) is -0.450. The number of carbonyl (C=O) groups is 4. The maximum atomic E-state index is 13.1. The van der Waals surface area contributed by atoms with Crippen LogP contribution in [0, 0.1) is 11.8 Å². The van der Waals surface area contributed by atoms with E-state index in [4.69, 9.17) is 20.9 Å². The highest BCUT2D eigenvalue weighted by Crippen LogP contribution is 2.22. The van der Waals surface area contributed by atoms with Crippen molar-refractivity contribution in [3.05, 3.63) is 0 Å². The normalized spacial score (nSPS) is 12.6. The Morgan fingerprint density at radius 1 is 0.468 bits per heavy atom. The summed E-state index contributed by atoms with van der Waals surface area (Å²) in [5.41, 5.74) is 11.0. The van der Waals surface area contributed by atoms with Crippen molar-refractivity contribution >= 4 is 29.7 Å². The molecule has 0 aliphatic rings. The molecule has 0 aromatic heterocycles. The lowest BCUT2D eigenvalue weighted by Gasteiger charge is -2.18. The molecule has 0 aromatic rings. The quantitative estimate of drug-likeness (QED) is 0.0202. The van der Waals surface area contributed by atoms with Crippen LogP contribution in [0.1, 0.15) is 252 Å². The molecule has 2 unspecified atom stereocenters. The molecule has 0 aliphatic carbocycles. The van der Waals surface area contributed by atoms with Crippen molar-refractivity contribution < 1.29 is 28.7 Å². The lowest BCUT2D eigenvalue weighted by Crippen LogP contribution is -2.47.